The van der Waals surface area contributed by atoms with Crippen LogP contribution in [0.2, 0.25) is 0 Å². The van der Waals surface area contributed by atoms with Gasteiger partial charge in [0.15, 0.2) is 0 Å². The predicted octanol–water partition coefficient (Wildman–Crippen LogP) is 0.0620. The Morgan fingerprint density at radius 1 is 1.38 bits per heavy atom. The van der Waals surface area contributed by atoms with Crippen LogP contribution in [0.1, 0.15) is 19.8 Å². The number of carboxylic acid groups (broad SMARTS) is 1. The molecule has 0 saturated carbocycles. The summed E-state index contributed by atoms with van der Waals surface area (Å²) in [5, 5.41) is 9.11. The second kappa shape index (κ2) is 8.50. The summed E-state index contributed by atoms with van der Waals surface area (Å²) in [6.45, 7) is 4.95. The van der Waals surface area contributed by atoms with Gasteiger partial charge in [0.1, 0.15) is 6.04 Å². The van der Waals surface area contributed by atoms with Crippen LogP contribution in [0.15, 0.2) is 0 Å². The fourth-order valence-corrected chi connectivity index (χ4v) is 1.74. The number of carbonyl (C=O) groups is 1. The van der Waals surface area contributed by atoms with E-state index >= 15 is 0 Å². The van der Waals surface area contributed by atoms with Gasteiger partial charge in [0.05, 0.1) is 0 Å². The molecule has 0 spiro atoms. The van der Waals surface area contributed by atoms with Gasteiger partial charge in [-0.1, -0.05) is 6.92 Å². The van der Waals surface area contributed by atoms with Crippen molar-refractivity contribution in [2.75, 3.05) is 40.3 Å². The highest BCUT2D eigenvalue weighted by Crippen LogP contribution is 2.05. The van der Waals surface area contributed by atoms with E-state index in [1.54, 1.807) is 0 Å². The molecule has 5 heteroatoms. The maximum absolute atomic E-state index is 11.1. The van der Waals surface area contributed by atoms with Crippen LogP contribution in [0, 0.1) is 0 Å². The number of rotatable bonds is 9. The monoisotopic (exact) mass is 231 g/mol. The van der Waals surface area contributed by atoms with Crippen molar-refractivity contribution >= 4 is 5.97 Å². The fraction of sp³-hybridized carbons (Fsp3) is 0.909. The zero-order chi connectivity index (χ0) is 12.6. The fourth-order valence-electron chi connectivity index (χ4n) is 1.74. The zero-order valence-corrected chi connectivity index (χ0v) is 10.6. The van der Waals surface area contributed by atoms with Crippen LogP contribution in [0.5, 0.6) is 0 Å². The minimum absolute atomic E-state index is 0.418. The molecule has 0 aliphatic carbocycles. The van der Waals surface area contributed by atoms with Gasteiger partial charge in [0.2, 0.25) is 0 Å². The van der Waals surface area contributed by atoms with Gasteiger partial charge in [-0.25, -0.2) is 0 Å². The number of likely N-dealkylation sites (N-methyl/N-ethyl adjacent to an activating group) is 1. The Morgan fingerprint density at radius 3 is 2.38 bits per heavy atom. The summed E-state index contributed by atoms with van der Waals surface area (Å²) in [6, 6.07) is -0.433. The average Bonchev–Trinajstić information content (AvgIpc) is 2.21. The molecule has 0 aromatic rings. The molecule has 1 unspecified atom stereocenters. The van der Waals surface area contributed by atoms with Crippen LogP contribution in [0.25, 0.3) is 0 Å². The van der Waals surface area contributed by atoms with E-state index in [0.717, 1.165) is 26.1 Å². The lowest BCUT2D eigenvalue weighted by molar-refractivity contribution is -0.143. The molecule has 16 heavy (non-hydrogen) atoms. The quantitative estimate of drug-likeness (QED) is 0.587. The van der Waals surface area contributed by atoms with Gasteiger partial charge in [-0.15, -0.1) is 0 Å². The van der Waals surface area contributed by atoms with Gasteiger partial charge in [-0.2, -0.15) is 0 Å². The van der Waals surface area contributed by atoms with Crippen molar-refractivity contribution in [3.63, 3.8) is 0 Å². The summed E-state index contributed by atoms with van der Waals surface area (Å²) in [4.78, 5) is 15.2. The molecule has 0 aromatic heterocycles. The first-order valence-electron chi connectivity index (χ1n) is 5.84. The van der Waals surface area contributed by atoms with E-state index in [9.17, 15) is 4.79 Å². The second-order valence-corrected chi connectivity index (χ2v) is 4.22. The topological polar surface area (TPSA) is 69.8 Å². The summed E-state index contributed by atoms with van der Waals surface area (Å²) >= 11 is 0. The third-order valence-electron chi connectivity index (χ3n) is 2.62. The first-order chi connectivity index (χ1) is 7.52. The van der Waals surface area contributed by atoms with E-state index in [2.05, 4.69) is 4.90 Å². The molecule has 0 fully saturated rings. The van der Waals surface area contributed by atoms with Crippen LogP contribution < -0.4 is 5.73 Å². The minimum atomic E-state index is -0.767. The maximum Gasteiger partial charge on any atom is 0.320 e. The summed E-state index contributed by atoms with van der Waals surface area (Å²) in [5.74, 6) is -0.767. The summed E-state index contributed by atoms with van der Waals surface area (Å²) in [5.41, 5.74) is 5.44. The zero-order valence-electron chi connectivity index (χ0n) is 10.6. The largest absolute Gasteiger partial charge is 0.480 e. The molecule has 0 aliphatic heterocycles. The molecule has 5 nitrogen and oxygen atoms in total. The lowest BCUT2D eigenvalue weighted by Gasteiger charge is -2.27. The average molecular weight is 231 g/mol. The van der Waals surface area contributed by atoms with E-state index in [4.69, 9.17) is 10.8 Å². The number of carboxylic acids is 1. The van der Waals surface area contributed by atoms with E-state index in [0.29, 0.717) is 13.0 Å². The number of hydrogen-bond acceptors (Lipinski definition) is 4. The Bertz CT molecular complexity index is 198. The lowest BCUT2D eigenvalue weighted by atomic mass is 10.1. The Kier molecular flexibility index (Phi) is 8.15. The highest BCUT2D eigenvalue weighted by atomic mass is 16.4. The molecule has 0 saturated heterocycles. The first-order valence-corrected chi connectivity index (χ1v) is 5.84. The first kappa shape index (κ1) is 15.3. The number of aliphatic carboxylic acids is 1. The molecular formula is C11H25N3O2. The summed E-state index contributed by atoms with van der Waals surface area (Å²) in [7, 11) is 4.04. The smallest absolute Gasteiger partial charge is 0.320 e. The number of nitrogens with two attached hydrogens (primary N) is 1. The highest BCUT2D eigenvalue weighted by Gasteiger charge is 2.22. The van der Waals surface area contributed by atoms with Gasteiger partial charge >= 0.3 is 5.97 Å². The standard InChI is InChI=1S/C11H25N3O2/c1-4-14(9-5-8-13(2)3)10(6-7-12)11(15)16/h10H,4-9,12H2,1-3H3,(H,15,16). The molecule has 0 rings (SSSR count). The van der Waals surface area contributed by atoms with Gasteiger partial charge in [0.25, 0.3) is 0 Å². The van der Waals surface area contributed by atoms with Crippen molar-refractivity contribution < 1.29 is 9.90 Å². The van der Waals surface area contributed by atoms with E-state index < -0.39 is 12.0 Å². The van der Waals surface area contributed by atoms with Gasteiger partial charge in [-0.05, 0) is 46.6 Å². The minimum Gasteiger partial charge on any atom is -0.480 e. The molecule has 0 aromatic carbocycles. The summed E-state index contributed by atoms with van der Waals surface area (Å²) in [6.07, 6.45) is 1.50. The molecule has 3 N–H and O–H groups in total. The lowest BCUT2D eigenvalue weighted by Crippen LogP contribution is -2.43. The molecule has 0 bridgehead atoms. The molecule has 0 aliphatic rings. The molecule has 0 heterocycles. The van der Waals surface area contributed by atoms with Crippen molar-refractivity contribution in [3.05, 3.63) is 0 Å². The normalized spacial score (nSPS) is 13.4. The predicted molar refractivity (Wildman–Crippen MR) is 65.5 cm³/mol. The maximum atomic E-state index is 11.1. The van der Waals surface area contributed by atoms with Crippen LogP contribution >= 0.6 is 0 Å². The molecular weight excluding hydrogens is 206 g/mol. The Balaban J connectivity index is 4.15. The van der Waals surface area contributed by atoms with E-state index in [1.807, 2.05) is 25.9 Å². The summed E-state index contributed by atoms with van der Waals surface area (Å²) < 4.78 is 0. The van der Waals surface area contributed by atoms with Crippen molar-refractivity contribution in [1.29, 1.82) is 0 Å². The SMILES string of the molecule is CCN(CCCN(C)C)C(CCN)C(=O)O. The third kappa shape index (κ3) is 6.05. The van der Waals surface area contributed by atoms with Crippen molar-refractivity contribution in [2.24, 2.45) is 5.73 Å². The Hall–Kier alpha value is -0.650. The van der Waals surface area contributed by atoms with Crippen molar-refractivity contribution in [3.8, 4) is 0 Å². The van der Waals surface area contributed by atoms with Gasteiger partial charge < -0.3 is 15.7 Å². The molecule has 1 atom stereocenters. The van der Waals surface area contributed by atoms with Crippen LogP contribution in [-0.2, 0) is 4.79 Å². The van der Waals surface area contributed by atoms with E-state index in [1.165, 1.54) is 0 Å². The van der Waals surface area contributed by atoms with Crippen molar-refractivity contribution in [2.45, 2.75) is 25.8 Å². The Labute approximate surface area is 98.2 Å². The van der Waals surface area contributed by atoms with E-state index in [-0.39, 0.29) is 0 Å². The highest BCUT2D eigenvalue weighted by molar-refractivity contribution is 5.73. The Morgan fingerprint density at radius 2 is 2.00 bits per heavy atom. The third-order valence-corrected chi connectivity index (χ3v) is 2.62. The van der Waals surface area contributed by atoms with Gasteiger partial charge in [0, 0.05) is 6.54 Å². The number of hydrogen-bond donors (Lipinski definition) is 2. The number of nitrogens with zero attached hydrogens (tertiary/aromatic N) is 2. The molecule has 96 valence electrons. The second-order valence-electron chi connectivity index (χ2n) is 4.22. The van der Waals surface area contributed by atoms with Crippen LogP contribution in [-0.4, -0.2) is 67.2 Å². The molecule has 0 amide bonds. The van der Waals surface area contributed by atoms with Gasteiger partial charge in [-0.3, -0.25) is 9.69 Å². The van der Waals surface area contributed by atoms with Crippen molar-refractivity contribution in [1.82, 2.24) is 9.80 Å². The molecule has 0 radical (unpaired) electrons. The van der Waals surface area contributed by atoms with Crippen LogP contribution in [0.4, 0.5) is 0 Å². The van der Waals surface area contributed by atoms with Crippen LogP contribution in [0.3, 0.4) is 0 Å².